The SMILES string of the molecule is CC(=O)N1CCN(C(=O)Cc2ccc(N(Cc3cccc(F)c3)C(=O)c3ccc(Cl)cc3)cc2)CC1. The molecule has 4 rings (SSSR count). The van der Waals surface area contributed by atoms with Gasteiger partial charge in [0, 0.05) is 49.4 Å². The Morgan fingerprint density at radius 3 is 2.11 bits per heavy atom. The minimum absolute atomic E-state index is 0.000176. The van der Waals surface area contributed by atoms with Crippen molar-refractivity contribution in [1.29, 1.82) is 0 Å². The minimum atomic E-state index is -0.371. The standard InChI is InChI=1S/C28H27ClFN3O3/c1-20(34)31-13-15-32(16-14-31)27(35)18-21-5-11-26(12-6-21)33(19-22-3-2-4-25(30)17-22)28(36)23-7-9-24(29)10-8-23/h2-12,17H,13-16,18-19H2,1H3. The zero-order valence-corrected chi connectivity index (χ0v) is 20.7. The van der Waals surface area contributed by atoms with Gasteiger partial charge in [-0.3, -0.25) is 14.4 Å². The van der Waals surface area contributed by atoms with Crippen molar-refractivity contribution in [3.05, 3.63) is 100 Å². The zero-order chi connectivity index (χ0) is 25.7. The van der Waals surface area contributed by atoms with Gasteiger partial charge in [-0.05, 0) is 59.7 Å². The zero-order valence-electron chi connectivity index (χ0n) is 20.0. The lowest BCUT2D eigenvalue weighted by Gasteiger charge is -2.34. The van der Waals surface area contributed by atoms with Crippen LogP contribution < -0.4 is 4.90 Å². The lowest BCUT2D eigenvalue weighted by atomic mass is 10.1. The first kappa shape index (κ1) is 25.4. The summed E-state index contributed by atoms with van der Waals surface area (Å²) in [7, 11) is 0. The topological polar surface area (TPSA) is 60.9 Å². The molecule has 1 aliphatic heterocycles. The summed E-state index contributed by atoms with van der Waals surface area (Å²) < 4.78 is 13.8. The average Bonchev–Trinajstić information content (AvgIpc) is 2.88. The monoisotopic (exact) mass is 507 g/mol. The van der Waals surface area contributed by atoms with E-state index in [0.717, 1.165) is 5.56 Å². The summed E-state index contributed by atoms with van der Waals surface area (Å²) in [6, 6.07) is 20.0. The molecule has 1 saturated heterocycles. The van der Waals surface area contributed by atoms with E-state index >= 15 is 0 Å². The molecular weight excluding hydrogens is 481 g/mol. The lowest BCUT2D eigenvalue weighted by molar-refractivity contribution is -0.138. The second kappa shape index (κ2) is 11.4. The van der Waals surface area contributed by atoms with Crippen LogP contribution in [0.25, 0.3) is 0 Å². The molecule has 1 aliphatic rings. The number of nitrogens with zero attached hydrogens (tertiary/aromatic N) is 3. The fourth-order valence-electron chi connectivity index (χ4n) is 4.20. The number of benzene rings is 3. The van der Waals surface area contributed by atoms with Crippen LogP contribution in [-0.4, -0.2) is 53.7 Å². The van der Waals surface area contributed by atoms with E-state index in [4.69, 9.17) is 11.6 Å². The molecular formula is C28H27ClFN3O3. The highest BCUT2D eigenvalue weighted by Crippen LogP contribution is 2.23. The average molecular weight is 508 g/mol. The summed E-state index contributed by atoms with van der Waals surface area (Å²) in [5.41, 5.74) is 2.56. The Morgan fingerprint density at radius 2 is 1.50 bits per heavy atom. The summed E-state index contributed by atoms with van der Waals surface area (Å²) in [5.74, 6) is -0.596. The van der Waals surface area contributed by atoms with Crippen molar-refractivity contribution >= 4 is 35.0 Å². The number of hydrogen-bond donors (Lipinski definition) is 0. The molecule has 0 saturated carbocycles. The van der Waals surface area contributed by atoms with Crippen molar-refractivity contribution in [2.45, 2.75) is 19.9 Å². The summed E-state index contributed by atoms with van der Waals surface area (Å²) in [6.45, 7) is 3.84. The third-order valence-corrected chi connectivity index (χ3v) is 6.50. The first-order valence-electron chi connectivity index (χ1n) is 11.7. The molecule has 0 unspecified atom stereocenters. The minimum Gasteiger partial charge on any atom is -0.339 e. The van der Waals surface area contributed by atoms with Gasteiger partial charge in [0.15, 0.2) is 0 Å². The molecule has 3 aromatic carbocycles. The van der Waals surface area contributed by atoms with E-state index in [1.807, 2.05) is 12.1 Å². The van der Waals surface area contributed by atoms with Gasteiger partial charge in [-0.2, -0.15) is 0 Å². The van der Waals surface area contributed by atoms with Gasteiger partial charge in [0.25, 0.3) is 5.91 Å². The van der Waals surface area contributed by atoms with Crippen LogP contribution in [0.3, 0.4) is 0 Å². The van der Waals surface area contributed by atoms with E-state index in [1.165, 1.54) is 19.1 Å². The van der Waals surface area contributed by atoms with Crippen molar-refractivity contribution in [2.75, 3.05) is 31.1 Å². The molecule has 0 aliphatic carbocycles. The number of rotatable bonds is 6. The summed E-state index contributed by atoms with van der Waals surface area (Å²) >= 11 is 5.98. The Kier molecular flexibility index (Phi) is 8.00. The number of piperazine rings is 1. The highest BCUT2D eigenvalue weighted by atomic mass is 35.5. The van der Waals surface area contributed by atoms with Gasteiger partial charge in [0.1, 0.15) is 5.82 Å². The number of hydrogen-bond acceptors (Lipinski definition) is 3. The van der Waals surface area contributed by atoms with Gasteiger partial charge in [-0.1, -0.05) is 35.9 Å². The molecule has 186 valence electrons. The summed E-state index contributed by atoms with van der Waals surface area (Å²) in [4.78, 5) is 42.8. The molecule has 1 heterocycles. The van der Waals surface area contributed by atoms with Crippen LogP contribution in [0.1, 0.15) is 28.4 Å². The van der Waals surface area contributed by atoms with Gasteiger partial charge < -0.3 is 14.7 Å². The molecule has 0 spiro atoms. The maximum absolute atomic E-state index is 13.8. The number of carbonyl (C=O) groups excluding carboxylic acids is 3. The van der Waals surface area contributed by atoms with Crippen LogP contribution in [0.5, 0.6) is 0 Å². The van der Waals surface area contributed by atoms with E-state index in [9.17, 15) is 18.8 Å². The molecule has 3 amide bonds. The third-order valence-electron chi connectivity index (χ3n) is 6.25. The molecule has 8 heteroatoms. The van der Waals surface area contributed by atoms with E-state index in [2.05, 4.69) is 0 Å². The van der Waals surface area contributed by atoms with Crippen molar-refractivity contribution in [1.82, 2.24) is 9.80 Å². The summed E-state index contributed by atoms with van der Waals surface area (Å²) in [5, 5.41) is 0.528. The fraction of sp³-hybridized carbons (Fsp3) is 0.250. The third kappa shape index (κ3) is 6.29. The van der Waals surface area contributed by atoms with Crippen LogP contribution >= 0.6 is 11.6 Å². The van der Waals surface area contributed by atoms with Crippen LogP contribution in [0.2, 0.25) is 5.02 Å². The number of anilines is 1. The normalized spacial score (nSPS) is 13.4. The molecule has 6 nitrogen and oxygen atoms in total. The van der Waals surface area contributed by atoms with Crippen molar-refractivity contribution in [2.24, 2.45) is 0 Å². The Hall–Kier alpha value is -3.71. The highest BCUT2D eigenvalue weighted by molar-refractivity contribution is 6.30. The Balaban J connectivity index is 1.50. The molecule has 0 N–H and O–H groups in total. The van der Waals surface area contributed by atoms with Crippen LogP contribution in [-0.2, 0) is 22.6 Å². The van der Waals surface area contributed by atoms with Crippen molar-refractivity contribution < 1.29 is 18.8 Å². The molecule has 0 atom stereocenters. The fourth-order valence-corrected chi connectivity index (χ4v) is 4.32. The van der Waals surface area contributed by atoms with Gasteiger partial charge in [-0.15, -0.1) is 0 Å². The molecule has 3 aromatic rings. The Labute approximate surface area is 214 Å². The maximum atomic E-state index is 13.8. The van der Waals surface area contributed by atoms with Gasteiger partial charge >= 0.3 is 0 Å². The smallest absolute Gasteiger partial charge is 0.258 e. The van der Waals surface area contributed by atoms with E-state index in [-0.39, 0.29) is 36.5 Å². The second-order valence-corrected chi connectivity index (χ2v) is 9.19. The molecule has 1 fully saturated rings. The number of carbonyl (C=O) groups is 3. The predicted octanol–water partition coefficient (Wildman–Crippen LogP) is 4.56. The van der Waals surface area contributed by atoms with Crippen LogP contribution in [0, 0.1) is 5.82 Å². The molecule has 0 aromatic heterocycles. The lowest BCUT2D eigenvalue weighted by Crippen LogP contribution is -2.50. The van der Waals surface area contributed by atoms with Crippen molar-refractivity contribution in [3.8, 4) is 0 Å². The number of halogens is 2. The molecule has 0 radical (unpaired) electrons. The summed E-state index contributed by atoms with van der Waals surface area (Å²) in [6.07, 6.45) is 0.232. The molecule has 36 heavy (non-hydrogen) atoms. The van der Waals surface area contributed by atoms with Crippen molar-refractivity contribution in [3.63, 3.8) is 0 Å². The van der Waals surface area contributed by atoms with Gasteiger partial charge in [0.2, 0.25) is 11.8 Å². The van der Waals surface area contributed by atoms with E-state index < -0.39 is 0 Å². The van der Waals surface area contributed by atoms with E-state index in [1.54, 1.807) is 63.2 Å². The highest BCUT2D eigenvalue weighted by Gasteiger charge is 2.23. The largest absolute Gasteiger partial charge is 0.339 e. The van der Waals surface area contributed by atoms with Gasteiger partial charge in [0.05, 0.1) is 13.0 Å². The first-order valence-corrected chi connectivity index (χ1v) is 12.1. The molecule has 0 bridgehead atoms. The van der Waals surface area contributed by atoms with Gasteiger partial charge in [-0.25, -0.2) is 4.39 Å². The van der Waals surface area contributed by atoms with E-state index in [0.29, 0.717) is 48.0 Å². The number of amides is 3. The maximum Gasteiger partial charge on any atom is 0.258 e. The Morgan fingerprint density at radius 1 is 0.861 bits per heavy atom. The Bertz CT molecular complexity index is 1240. The quantitative estimate of drug-likeness (QED) is 0.491. The van der Waals surface area contributed by atoms with Crippen LogP contribution in [0.15, 0.2) is 72.8 Å². The van der Waals surface area contributed by atoms with Crippen LogP contribution in [0.4, 0.5) is 10.1 Å². The predicted molar refractivity (Wildman–Crippen MR) is 137 cm³/mol. The first-order chi connectivity index (χ1) is 17.3. The second-order valence-electron chi connectivity index (χ2n) is 8.76.